The van der Waals surface area contributed by atoms with Gasteiger partial charge in [-0.05, 0) is 43.5 Å². The van der Waals surface area contributed by atoms with Crippen LogP contribution in [-0.4, -0.2) is 40.8 Å². The average Bonchev–Trinajstić information content (AvgIpc) is 3.11. The summed E-state index contributed by atoms with van der Waals surface area (Å²) in [4.78, 5) is 18.0. The van der Waals surface area contributed by atoms with Gasteiger partial charge in [0.05, 0.1) is 15.9 Å². The number of sulfonamides is 1. The van der Waals surface area contributed by atoms with Gasteiger partial charge in [-0.15, -0.1) is 0 Å². The number of hydrogen-bond donors (Lipinski definition) is 1. The molecule has 1 aliphatic heterocycles. The van der Waals surface area contributed by atoms with Crippen molar-refractivity contribution in [1.29, 1.82) is 0 Å². The van der Waals surface area contributed by atoms with Crippen molar-refractivity contribution in [2.24, 2.45) is 0 Å². The molecule has 0 saturated carbocycles. The molecule has 1 amide bonds. The fourth-order valence-electron chi connectivity index (χ4n) is 4.00. The van der Waals surface area contributed by atoms with Crippen molar-refractivity contribution in [3.8, 4) is 0 Å². The molecule has 158 valence electrons. The van der Waals surface area contributed by atoms with Gasteiger partial charge in [-0.1, -0.05) is 43.7 Å². The van der Waals surface area contributed by atoms with Crippen molar-refractivity contribution in [1.82, 2.24) is 13.9 Å². The zero-order valence-electron chi connectivity index (χ0n) is 17.0. The number of nitrogens with one attached hydrogen (secondary N) is 1. The molecule has 4 rings (SSSR count). The van der Waals surface area contributed by atoms with Gasteiger partial charge in [0.2, 0.25) is 21.9 Å². The summed E-state index contributed by atoms with van der Waals surface area (Å²) < 4.78 is 29.7. The molecule has 0 unspecified atom stereocenters. The minimum absolute atomic E-state index is 0.211. The number of imidazole rings is 1. The fourth-order valence-corrected chi connectivity index (χ4v) is 5.67. The molecule has 1 aliphatic rings. The molecule has 30 heavy (non-hydrogen) atoms. The van der Waals surface area contributed by atoms with E-state index >= 15 is 0 Å². The van der Waals surface area contributed by atoms with E-state index in [4.69, 9.17) is 0 Å². The van der Waals surface area contributed by atoms with Crippen LogP contribution in [-0.2, 0) is 21.4 Å². The Morgan fingerprint density at radius 1 is 1.10 bits per heavy atom. The number of benzene rings is 2. The lowest BCUT2D eigenvalue weighted by Crippen LogP contribution is -2.50. The van der Waals surface area contributed by atoms with Crippen molar-refractivity contribution in [2.75, 3.05) is 11.9 Å². The molecule has 1 N–H and O–H groups in total. The Morgan fingerprint density at radius 3 is 2.60 bits per heavy atom. The monoisotopic (exact) mass is 426 g/mol. The quantitative estimate of drug-likeness (QED) is 0.652. The molecule has 1 fully saturated rings. The van der Waals surface area contributed by atoms with Crippen LogP contribution >= 0.6 is 0 Å². The Bertz CT molecular complexity index is 1140. The number of amides is 1. The Morgan fingerprint density at radius 2 is 1.83 bits per heavy atom. The van der Waals surface area contributed by atoms with Crippen molar-refractivity contribution in [3.63, 3.8) is 0 Å². The SMILES string of the molecule is CCCn1c(NC(=O)[C@H]2CCCCN2S(=O)(=O)c2ccccc2)nc2ccccc21. The molecule has 3 aromatic rings. The molecule has 8 heteroatoms. The molecular formula is C22H26N4O3S. The average molecular weight is 427 g/mol. The predicted octanol–water partition coefficient (Wildman–Crippen LogP) is 3.63. The van der Waals surface area contributed by atoms with E-state index in [-0.39, 0.29) is 10.8 Å². The summed E-state index contributed by atoms with van der Waals surface area (Å²) in [5.41, 5.74) is 1.76. The highest BCUT2D eigenvalue weighted by Crippen LogP contribution is 2.27. The van der Waals surface area contributed by atoms with Crippen LogP contribution in [0.5, 0.6) is 0 Å². The lowest BCUT2D eigenvalue weighted by molar-refractivity contribution is -0.120. The summed E-state index contributed by atoms with van der Waals surface area (Å²) in [5.74, 6) is 0.132. The number of anilines is 1. The van der Waals surface area contributed by atoms with Gasteiger partial charge < -0.3 is 4.57 Å². The van der Waals surface area contributed by atoms with Crippen molar-refractivity contribution >= 4 is 32.9 Å². The molecule has 0 aliphatic carbocycles. The van der Waals surface area contributed by atoms with Gasteiger partial charge in [-0.25, -0.2) is 13.4 Å². The third-order valence-corrected chi connectivity index (χ3v) is 7.37. The summed E-state index contributed by atoms with van der Waals surface area (Å²) in [6, 6.07) is 15.3. The maximum atomic E-state index is 13.2. The number of nitrogens with zero attached hydrogens (tertiary/aromatic N) is 3. The van der Waals surface area contributed by atoms with Gasteiger partial charge >= 0.3 is 0 Å². The summed E-state index contributed by atoms with van der Waals surface area (Å²) in [6.45, 7) is 3.11. The van der Waals surface area contributed by atoms with Gasteiger partial charge in [0.1, 0.15) is 6.04 Å². The number of aryl methyl sites for hydroxylation is 1. The van der Waals surface area contributed by atoms with Crippen LogP contribution in [0.25, 0.3) is 11.0 Å². The van der Waals surface area contributed by atoms with Crippen LogP contribution in [0.4, 0.5) is 5.95 Å². The molecular weight excluding hydrogens is 400 g/mol. The molecule has 0 bridgehead atoms. The van der Waals surface area contributed by atoms with Crippen molar-refractivity contribution < 1.29 is 13.2 Å². The molecule has 2 heterocycles. The summed E-state index contributed by atoms with van der Waals surface area (Å²) >= 11 is 0. The van der Waals surface area contributed by atoms with E-state index in [2.05, 4.69) is 17.2 Å². The molecule has 7 nitrogen and oxygen atoms in total. The first-order valence-electron chi connectivity index (χ1n) is 10.4. The molecule has 0 spiro atoms. The second kappa shape index (κ2) is 8.57. The van der Waals surface area contributed by atoms with Crippen LogP contribution in [0, 0.1) is 0 Å². The van der Waals surface area contributed by atoms with E-state index < -0.39 is 16.1 Å². The number of hydrogen-bond acceptors (Lipinski definition) is 4. The van der Waals surface area contributed by atoms with Crippen molar-refractivity contribution in [3.05, 3.63) is 54.6 Å². The number of para-hydroxylation sites is 2. The molecule has 2 aromatic carbocycles. The Labute approximate surface area is 176 Å². The minimum atomic E-state index is -3.75. The van der Waals surface area contributed by atoms with Crippen molar-refractivity contribution in [2.45, 2.75) is 50.1 Å². The van der Waals surface area contributed by atoms with Gasteiger partial charge in [0.25, 0.3) is 0 Å². The number of rotatable bonds is 6. The Balaban J connectivity index is 1.64. The maximum absolute atomic E-state index is 13.2. The first-order valence-corrected chi connectivity index (χ1v) is 11.8. The maximum Gasteiger partial charge on any atom is 0.245 e. The Kier molecular flexibility index (Phi) is 5.87. The topological polar surface area (TPSA) is 84.3 Å². The second-order valence-corrected chi connectivity index (χ2v) is 9.40. The normalized spacial score (nSPS) is 17.8. The van der Waals surface area contributed by atoms with Gasteiger partial charge in [-0.2, -0.15) is 4.31 Å². The molecule has 1 saturated heterocycles. The van der Waals surface area contributed by atoms with Crippen LogP contribution in [0.15, 0.2) is 59.5 Å². The van der Waals surface area contributed by atoms with E-state index in [9.17, 15) is 13.2 Å². The van der Waals surface area contributed by atoms with Gasteiger partial charge in [0, 0.05) is 13.1 Å². The third kappa shape index (κ3) is 3.85. The first-order chi connectivity index (χ1) is 14.5. The van der Waals surface area contributed by atoms with Gasteiger partial charge in [0.15, 0.2) is 0 Å². The van der Waals surface area contributed by atoms with E-state index in [1.807, 2.05) is 28.8 Å². The molecule has 1 aromatic heterocycles. The van der Waals surface area contributed by atoms with E-state index in [0.29, 0.717) is 25.5 Å². The predicted molar refractivity (Wildman–Crippen MR) is 117 cm³/mol. The zero-order valence-corrected chi connectivity index (χ0v) is 17.8. The van der Waals surface area contributed by atoms with E-state index in [0.717, 1.165) is 30.3 Å². The highest BCUT2D eigenvalue weighted by Gasteiger charge is 2.38. The zero-order chi connectivity index (χ0) is 21.1. The van der Waals surface area contributed by atoms with E-state index in [1.54, 1.807) is 30.3 Å². The van der Waals surface area contributed by atoms with Crippen LogP contribution in [0.3, 0.4) is 0 Å². The fraction of sp³-hybridized carbons (Fsp3) is 0.364. The highest BCUT2D eigenvalue weighted by molar-refractivity contribution is 7.89. The summed E-state index contributed by atoms with van der Waals surface area (Å²) in [7, 11) is -3.75. The first kappa shape index (κ1) is 20.6. The lowest BCUT2D eigenvalue weighted by Gasteiger charge is -2.33. The molecule has 0 radical (unpaired) electrons. The van der Waals surface area contributed by atoms with Crippen LogP contribution in [0.2, 0.25) is 0 Å². The minimum Gasteiger partial charge on any atom is -0.310 e. The van der Waals surface area contributed by atoms with Gasteiger partial charge in [-0.3, -0.25) is 10.1 Å². The number of carbonyl (C=O) groups is 1. The summed E-state index contributed by atoms with van der Waals surface area (Å²) in [5, 5.41) is 2.91. The highest BCUT2D eigenvalue weighted by atomic mass is 32.2. The smallest absolute Gasteiger partial charge is 0.245 e. The van der Waals surface area contributed by atoms with Crippen LogP contribution < -0.4 is 5.32 Å². The second-order valence-electron chi connectivity index (χ2n) is 7.51. The largest absolute Gasteiger partial charge is 0.310 e. The number of piperidine rings is 1. The Hall–Kier alpha value is -2.71. The third-order valence-electron chi connectivity index (χ3n) is 5.44. The van der Waals surface area contributed by atoms with Crippen LogP contribution in [0.1, 0.15) is 32.6 Å². The number of fused-ring (bicyclic) bond motifs is 1. The number of aromatic nitrogens is 2. The molecule has 1 atom stereocenters. The lowest BCUT2D eigenvalue weighted by atomic mass is 10.0. The standard InChI is InChI=1S/C22H26N4O3S/c1-2-15-25-19-13-7-6-12-18(19)23-22(25)24-21(27)20-14-8-9-16-26(20)30(28,29)17-10-4-3-5-11-17/h3-7,10-13,20H,2,8-9,14-16H2,1H3,(H,23,24,27)/t20-/m1/s1. The van der Waals surface area contributed by atoms with E-state index in [1.165, 1.54) is 4.31 Å². The number of carbonyl (C=O) groups excluding carboxylic acids is 1. The summed E-state index contributed by atoms with van der Waals surface area (Å²) in [6.07, 6.45) is 2.93.